The van der Waals surface area contributed by atoms with Crippen molar-refractivity contribution in [3.05, 3.63) is 24.3 Å². The summed E-state index contributed by atoms with van der Waals surface area (Å²) >= 11 is 0. The van der Waals surface area contributed by atoms with E-state index in [9.17, 15) is 13.2 Å². The van der Waals surface area contributed by atoms with Crippen LogP contribution in [-0.4, -0.2) is 46.3 Å². The lowest BCUT2D eigenvalue weighted by molar-refractivity contribution is -0.120. The number of rotatable bonds is 8. The predicted molar refractivity (Wildman–Crippen MR) is 103 cm³/mol. The van der Waals surface area contributed by atoms with Gasteiger partial charge in [0.15, 0.2) is 0 Å². The fourth-order valence-electron chi connectivity index (χ4n) is 3.29. The van der Waals surface area contributed by atoms with Gasteiger partial charge >= 0.3 is 0 Å². The molecule has 0 unspecified atom stereocenters. The zero-order chi connectivity index (χ0) is 18.4. The molecular formula is C18H29N3O3S. The average Bonchev–Trinajstić information content (AvgIpc) is 3.06. The van der Waals surface area contributed by atoms with Gasteiger partial charge in [-0.15, -0.1) is 0 Å². The van der Waals surface area contributed by atoms with Gasteiger partial charge in [0.05, 0.1) is 11.9 Å². The Balaban J connectivity index is 2.13. The van der Waals surface area contributed by atoms with E-state index >= 15 is 0 Å². The van der Waals surface area contributed by atoms with Crippen LogP contribution in [0.25, 0.3) is 0 Å². The van der Waals surface area contributed by atoms with Gasteiger partial charge in [-0.05, 0) is 51.0 Å². The third kappa shape index (κ3) is 5.36. The lowest BCUT2D eigenvalue weighted by Crippen LogP contribution is -2.43. The first kappa shape index (κ1) is 19.6. The van der Waals surface area contributed by atoms with E-state index < -0.39 is 10.0 Å². The molecule has 0 aromatic heterocycles. The van der Waals surface area contributed by atoms with Gasteiger partial charge in [0, 0.05) is 24.8 Å². The molecule has 0 heterocycles. The zero-order valence-corrected chi connectivity index (χ0v) is 16.2. The molecule has 140 valence electrons. The van der Waals surface area contributed by atoms with Gasteiger partial charge in [0.1, 0.15) is 6.54 Å². The maximum atomic E-state index is 12.3. The molecule has 2 rings (SSSR count). The monoisotopic (exact) mass is 367 g/mol. The summed E-state index contributed by atoms with van der Waals surface area (Å²) in [6.07, 6.45) is 5.32. The van der Waals surface area contributed by atoms with E-state index in [0.29, 0.717) is 5.69 Å². The number of carbonyl (C=O) groups is 1. The summed E-state index contributed by atoms with van der Waals surface area (Å²) in [5.41, 5.74) is 1.55. The minimum Gasteiger partial charge on any atom is -0.372 e. The van der Waals surface area contributed by atoms with E-state index in [-0.39, 0.29) is 18.5 Å². The highest BCUT2D eigenvalue weighted by molar-refractivity contribution is 7.92. The molecule has 0 atom stereocenters. The third-order valence-electron chi connectivity index (χ3n) is 4.67. The Morgan fingerprint density at radius 2 is 1.60 bits per heavy atom. The smallest absolute Gasteiger partial charge is 0.240 e. The van der Waals surface area contributed by atoms with E-state index in [1.54, 1.807) is 12.1 Å². The fourth-order valence-corrected chi connectivity index (χ4v) is 4.15. The highest BCUT2D eigenvalue weighted by Crippen LogP contribution is 2.23. The van der Waals surface area contributed by atoms with Crippen LogP contribution in [0.1, 0.15) is 39.5 Å². The molecule has 0 saturated heterocycles. The molecule has 0 spiro atoms. The van der Waals surface area contributed by atoms with E-state index in [1.807, 2.05) is 12.1 Å². The molecule has 25 heavy (non-hydrogen) atoms. The number of benzene rings is 1. The zero-order valence-electron chi connectivity index (χ0n) is 15.4. The second-order valence-corrected chi connectivity index (χ2v) is 8.41. The van der Waals surface area contributed by atoms with Crippen LogP contribution in [0.5, 0.6) is 0 Å². The minimum atomic E-state index is -3.53. The maximum absolute atomic E-state index is 12.3. The van der Waals surface area contributed by atoms with Crippen LogP contribution in [0.15, 0.2) is 24.3 Å². The summed E-state index contributed by atoms with van der Waals surface area (Å²) in [4.78, 5) is 14.5. The lowest BCUT2D eigenvalue weighted by Gasteiger charge is -2.25. The largest absolute Gasteiger partial charge is 0.372 e. The van der Waals surface area contributed by atoms with Gasteiger partial charge in [-0.25, -0.2) is 8.42 Å². The van der Waals surface area contributed by atoms with Gasteiger partial charge in [-0.2, -0.15) is 0 Å². The Morgan fingerprint density at radius 3 is 2.08 bits per heavy atom. The Hall–Kier alpha value is -1.76. The average molecular weight is 368 g/mol. The molecule has 0 radical (unpaired) electrons. The highest BCUT2D eigenvalue weighted by atomic mass is 32.2. The van der Waals surface area contributed by atoms with Crippen molar-refractivity contribution in [3.63, 3.8) is 0 Å². The van der Waals surface area contributed by atoms with Crippen molar-refractivity contribution in [1.29, 1.82) is 0 Å². The Labute approximate surface area is 151 Å². The number of carbonyl (C=O) groups excluding carboxylic acids is 1. The van der Waals surface area contributed by atoms with Crippen molar-refractivity contribution in [2.24, 2.45) is 0 Å². The van der Waals surface area contributed by atoms with Crippen molar-refractivity contribution < 1.29 is 13.2 Å². The van der Waals surface area contributed by atoms with E-state index in [4.69, 9.17) is 0 Å². The molecule has 0 aliphatic heterocycles. The Kier molecular flexibility index (Phi) is 6.70. The van der Waals surface area contributed by atoms with Crippen LogP contribution in [0.2, 0.25) is 0 Å². The van der Waals surface area contributed by atoms with Crippen molar-refractivity contribution in [2.45, 2.75) is 45.6 Å². The number of nitrogens with one attached hydrogen (secondary N) is 1. The van der Waals surface area contributed by atoms with Crippen LogP contribution in [0.4, 0.5) is 11.4 Å². The summed E-state index contributed by atoms with van der Waals surface area (Å²) < 4.78 is 25.5. The first-order chi connectivity index (χ1) is 11.8. The highest BCUT2D eigenvalue weighted by Gasteiger charge is 2.23. The van der Waals surface area contributed by atoms with Crippen LogP contribution >= 0.6 is 0 Å². The maximum Gasteiger partial charge on any atom is 0.240 e. The molecule has 1 N–H and O–H groups in total. The van der Waals surface area contributed by atoms with E-state index in [2.05, 4.69) is 24.1 Å². The van der Waals surface area contributed by atoms with Crippen molar-refractivity contribution in [3.8, 4) is 0 Å². The molecule has 0 bridgehead atoms. The van der Waals surface area contributed by atoms with Crippen molar-refractivity contribution in [2.75, 3.05) is 35.1 Å². The summed E-state index contributed by atoms with van der Waals surface area (Å²) in [6.45, 7) is 5.74. The number of anilines is 2. The molecule has 1 saturated carbocycles. The SMILES string of the molecule is CCN(CC)c1ccc(N(CC(=O)NC2CCCC2)S(C)(=O)=O)cc1. The summed E-state index contributed by atoms with van der Waals surface area (Å²) in [5.74, 6) is -0.245. The number of hydrogen-bond donors (Lipinski definition) is 1. The first-order valence-corrected chi connectivity index (χ1v) is 10.8. The molecule has 1 aliphatic rings. The first-order valence-electron chi connectivity index (χ1n) is 8.97. The third-order valence-corrected chi connectivity index (χ3v) is 5.81. The molecular weight excluding hydrogens is 338 g/mol. The summed E-state index contributed by atoms with van der Waals surface area (Å²) in [7, 11) is -3.53. The molecule has 1 amide bonds. The van der Waals surface area contributed by atoms with Crippen molar-refractivity contribution >= 4 is 27.3 Å². The second-order valence-electron chi connectivity index (χ2n) is 6.51. The number of nitrogens with zero attached hydrogens (tertiary/aromatic N) is 2. The number of sulfonamides is 1. The van der Waals surface area contributed by atoms with E-state index in [1.165, 1.54) is 4.31 Å². The quantitative estimate of drug-likeness (QED) is 0.766. The summed E-state index contributed by atoms with van der Waals surface area (Å²) in [6, 6.07) is 7.50. The minimum absolute atomic E-state index is 0.180. The van der Waals surface area contributed by atoms with Crippen molar-refractivity contribution in [1.82, 2.24) is 5.32 Å². The van der Waals surface area contributed by atoms with Crippen LogP contribution in [-0.2, 0) is 14.8 Å². The van der Waals surface area contributed by atoms with Gasteiger partial charge in [-0.3, -0.25) is 9.10 Å². The summed E-state index contributed by atoms with van der Waals surface area (Å²) in [5, 5.41) is 2.95. The van der Waals surface area contributed by atoms with Gasteiger partial charge in [0.2, 0.25) is 15.9 Å². The number of amides is 1. The molecule has 6 nitrogen and oxygen atoms in total. The Morgan fingerprint density at radius 1 is 1.08 bits per heavy atom. The molecule has 7 heteroatoms. The predicted octanol–water partition coefficient (Wildman–Crippen LogP) is 2.36. The van der Waals surface area contributed by atoms with Crippen LogP contribution in [0.3, 0.4) is 0 Å². The van der Waals surface area contributed by atoms with Gasteiger partial charge in [0.25, 0.3) is 0 Å². The fraction of sp³-hybridized carbons (Fsp3) is 0.611. The Bertz CT molecular complexity index is 663. The standard InChI is InChI=1S/C18H29N3O3S/c1-4-20(5-2)16-10-12-17(13-11-16)21(25(3,23)24)14-18(22)19-15-8-6-7-9-15/h10-13,15H,4-9,14H2,1-3H3,(H,19,22). The van der Waals surface area contributed by atoms with Gasteiger partial charge < -0.3 is 10.2 Å². The van der Waals surface area contributed by atoms with E-state index in [0.717, 1.165) is 50.7 Å². The number of hydrogen-bond acceptors (Lipinski definition) is 4. The molecule has 1 aromatic carbocycles. The van der Waals surface area contributed by atoms with Crippen LogP contribution in [0, 0.1) is 0 Å². The van der Waals surface area contributed by atoms with Crippen LogP contribution < -0.4 is 14.5 Å². The molecule has 1 aromatic rings. The second kappa shape index (κ2) is 8.56. The normalized spacial score (nSPS) is 15.2. The van der Waals surface area contributed by atoms with Gasteiger partial charge in [-0.1, -0.05) is 12.8 Å². The molecule has 1 aliphatic carbocycles. The lowest BCUT2D eigenvalue weighted by atomic mass is 10.2. The molecule has 1 fully saturated rings. The topological polar surface area (TPSA) is 69.7 Å².